The number of carboxylic acid groups (broad SMARTS) is 1. The first-order chi connectivity index (χ1) is 13.0. The first kappa shape index (κ1) is 19.2. The third-order valence-corrected chi connectivity index (χ3v) is 5.00. The average molecular weight is 390 g/mol. The summed E-state index contributed by atoms with van der Waals surface area (Å²) in [5.41, 5.74) is 1.14. The summed E-state index contributed by atoms with van der Waals surface area (Å²) in [4.78, 5) is 25.2. The van der Waals surface area contributed by atoms with Gasteiger partial charge in [0.2, 0.25) is 0 Å². The fourth-order valence-corrected chi connectivity index (χ4v) is 3.76. The fourth-order valence-electron chi connectivity index (χ4n) is 3.42. The second-order valence-electron chi connectivity index (χ2n) is 6.55. The lowest BCUT2D eigenvalue weighted by molar-refractivity contribution is -0.139. The van der Waals surface area contributed by atoms with E-state index in [9.17, 15) is 9.59 Å². The zero-order valence-electron chi connectivity index (χ0n) is 15.1. The Balaban J connectivity index is 1.78. The molecule has 2 aliphatic rings. The van der Waals surface area contributed by atoms with E-state index < -0.39 is 12.6 Å². The van der Waals surface area contributed by atoms with Gasteiger partial charge in [-0.15, -0.1) is 0 Å². The molecule has 1 heterocycles. The Morgan fingerprint density at radius 3 is 2.74 bits per heavy atom. The van der Waals surface area contributed by atoms with E-state index in [4.69, 9.17) is 26.8 Å². The number of nitrogens with one attached hydrogen (secondary N) is 1. The van der Waals surface area contributed by atoms with Crippen LogP contribution in [0.1, 0.15) is 37.7 Å². The number of carbonyl (C=O) groups is 2. The van der Waals surface area contributed by atoms with Gasteiger partial charge in [-0.25, -0.2) is 4.79 Å². The van der Waals surface area contributed by atoms with E-state index in [-0.39, 0.29) is 11.9 Å². The van der Waals surface area contributed by atoms with Crippen LogP contribution in [0.2, 0.25) is 0 Å². The van der Waals surface area contributed by atoms with E-state index in [0.717, 1.165) is 31.2 Å². The number of hydrogen-bond acceptors (Lipinski definition) is 5. The van der Waals surface area contributed by atoms with Gasteiger partial charge in [0.25, 0.3) is 5.91 Å². The Morgan fingerprint density at radius 2 is 2.07 bits per heavy atom. The van der Waals surface area contributed by atoms with E-state index >= 15 is 0 Å². The topological polar surface area (TPSA) is 88.1 Å². The molecule has 144 valence electrons. The van der Waals surface area contributed by atoms with Crippen LogP contribution in [0, 0.1) is 0 Å². The predicted molar refractivity (Wildman–Crippen MR) is 104 cm³/mol. The van der Waals surface area contributed by atoms with Crippen molar-refractivity contribution < 1.29 is 24.2 Å². The van der Waals surface area contributed by atoms with Gasteiger partial charge in [0.1, 0.15) is 5.70 Å². The maximum atomic E-state index is 12.8. The number of methoxy groups -OCH3 is 1. The normalized spacial score (nSPS) is 19.3. The van der Waals surface area contributed by atoms with Crippen LogP contribution >= 0.6 is 12.2 Å². The van der Waals surface area contributed by atoms with Crippen LogP contribution in [-0.4, -0.2) is 46.8 Å². The number of carbonyl (C=O) groups excluding carboxylic acids is 1. The highest BCUT2D eigenvalue weighted by Gasteiger charge is 2.36. The Morgan fingerprint density at radius 1 is 1.33 bits per heavy atom. The molecule has 1 aliphatic heterocycles. The molecule has 7 nitrogen and oxygen atoms in total. The molecule has 0 spiro atoms. The molecule has 2 fully saturated rings. The van der Waals surface area contributed by atoms with Crippen LogP contribution in [0.25, 0.3) is 6.08 Å². The molecule has 0 unspecified atom stereocenters. The van der Waals surface area contributed by atoms with E-state index in [1.165, 1.54) is 13.5 Å². The third kappa shape index (κ3) is 4.39. The van der Waals surface area contributed by atoms with Crippen LogP contribution in [0.5, 0.6) is 11.5 Å². The van der Waals surface area contributed by atoms with E-state index in [2.05, 4.69) is 5.32 Å². The number of hydrogen-bond donors (Lipinski definition) is 2. The zero-order valence-corrected chi connectivity index (χ0v) is 15.9. The molecule has 0 bridgehead atoms. The molecular weight excluding hydrogens is 368 g/mol. The van der Waals surface area contributed by atoms with Crippen LogP contribution in [0.15, 0.2) is 23.9 Å². The second kappa shape index (κ2) is 8.39. The van der Waals surface area contributed by atoms with E-state index in [1.54, 1.807) is 29.2 Å². The largest absolute Gasteiger partial charge is 0.493 e. The number of carboxylic acids is 1. The lowest BCUT2D eigenvalue weighted by Gasteiger charge is -2.29. The third-order valence-electron chi connectivity index (χ3n) is 4.70. The smallest absolute Gasteiger partial charge is 0.341 e. The standard InChI is InChI=1S/C19H22N2O5S/c1-25-16-10-12(7-8-15(16)26-11-17(22)23)9-14-18(24)21(19(27)20-14)13-5-3-2-4-6-13/h7-10,13H,2-6,11H2,1H3,(H,20,27)(H,22,23)/b14-9-. The maximum Gasteiger partial charge on any atom is 0.341 e. The zero-order chi connectivity index (χ0) is 19.4. The summed E-state index contributed by atoms with van der Waals surface area (Å²) in [5.74, 6) is -0.466. The minimum Gasteiger partial charge on any atom is -0.493 e. The number of aliphatic carboxylic acids is 1. The van der Waals surface area contributed by atoms with Crippen molar-refractivity contribution in [3.63, 3.8) is 0 Å². The van der Waals surface area contributed by atoms with E-state index in [0.29, 0.717) is 22.3 Å². The van der Waals surface area contributed by atoms with Crippen molar-refractivity contribution in [3.8, 4) is 11.5 Å². The van der Waals surface area contributed by atoms with Crippen molar-refractivity contribution in [3.05, 3.63) is 29.5 Å². The van der Waals surface area contributed by atoms with Gasteiger partial charge < -0.3 is 19.9 Å². The molecule has 0 radical (unpaired) electrons. The van der Waals surface area contributed by atoms with Gasteiger partial charge in [0, 0.05) is 6.04 Å². The van der Waals surface area contributed by atoms with Crippen LogP contribution < -0.4 is 14.8 Å². The van der Waals surface area contributed by atoms with E-state index in [1.807, 2.05) is 0 Å². The van der Waals surface area contributed by atoms with Crippen molar-refractivity contribution in [2.24, 2.45) is 0 Å². The van der Waals surface area contributed by atoms with Crippen LogP contribution in [0.3, 0.4) is 0 Å². The molecule has 8 heteroatoms. The average Bonchev–Trinajstić information content (AvgIpc) is 2.94. The van der Waals surface area contributed by atoms with Crippen molar-refractivity contribution in [2.45, 2.75) is 38.1 Å². The predicted octanol–water partition coefficient (Wildman–Crippen LogP) is 2.55. The summed E-state index contributed by atoms with van der Waals surface area (Å²) >= 11 is 5.37. The van der Waals surface area contributed by atoms with Gasteiger partial charge >= 0.3 is 5.97 Å². The highest BCUT2D eigenvalue weighted by atomic mass is 32.1. The molecule has 1 aromatic rings. The molecule has 1 saturated heterocycles. The molecule has 1 amide bonds. The van der Waals surface area contributed by atoms with Crippen molar-refractivity contribution in [1.29, 1.82) is 0 Å². The highest BCUT2D eigenvalue weighted by molar-refractivity contribution is 7.80. The van der Waals surface area contributed by atoms with Crippen molar-refractivity contribution in [1.82, 2.24) is 10.2 Å². The maximum absolute atomic E-state index is 12.8. The van der Waals surface area contributed by atoms with Gasteiger partial charge in [0.05, 0.1) is 7.11 Å². The summed E-state index contributed by atoms with van der Waals surface area (Å²) < 4.78 is 10.5. The number of amides is 1. The first-order valence-electron chi connectivity index (χ1n) is 8.88. The Labute approximate surface area is 162 Å². The van der Waals surface area contributed by atoms with Gasteiger partial charge in [-0.05, 0) is 48.8 Å². The number of nitrogens with zero attached hydrogens (tertiary/aromatic N) is 1. The number of rotatable bonds is 6. The monoisotopic (exact) mass is 390 g/mol. The molecule has 3 rings (SSSR count). The SMILES string of the molecule is COc1cc(/C=C2\NC(=S)N(C3CCCCC3)C2=O)ccc1OCC(=O)O. The quantitative estimate of drug-likeness (QED) is 0.570. The number of thiocarbonyl (C=S) groups is 1. The number of ether oxygens (including phenoxy) is 2. The lowest BCUT2D eigenvalue weighted by Crippen LogP contribution is -2.41. The molecule has 0 atom stereocenters. The minimum absolute atomic E-state index is 0.114. The molecular formula is C19H22N2O5S. The second-order valence-corrected chi connectivity index (χ2v) is 6.93. The summed E-state index contributed by atoms with van der Waals surface area (Å²) in [5, 5.41) is 12.2. The molecule has 0 aromatic heterocycles. The lowest BCUT2D eigenvalue weighted by atomic mass is 9.94. The molecule has 1 aromatic carbocycles. The van der Waals surface area contributed by atoms with Crippen LogP contribution in [0.4, 0.5) is 0 Å². The Bertz CT molecular complexity index is 786. The summed E-state index contributed by atoms with van der Waals surface area (Å²) in [7, 11) is 1.47. The Hall–Kier alpha value is -2.61. The summed E-state index contributed by atoms with van der Waals surface area (Å²) in [6.07, 6.45) is 7.10. The molecule has 1 saturated carbocycles. The van der Waals surface area contributed by atoms with Gasteiger partial charge in [-0.1, -0.05) is 25.3 Å². The first-order valence-corrected chi connectivity index (χ1v) is 9.29. The number of benzene rings is 1. The highest BCUT2D eigenvalue weighted by Crippen LogP contribution is 2.30. The van der Waals surface area contributed by atoms with Gasteiger partial charge in [-0.3, -0.25) is 9.69 Å². The molecule has 1 aliphatic carbocycles. The van der Waals surface area contributed by atoms with Gasteiger partial charge in [0.15, 0.2) is 23.2 Å². The van der Waals surface area contributed by atoms with Gasteiger partial charge in [-0.2, -0.15) is 0 Å². The molecule has 2 N–H and O–H groups in total. The Kier molecular flexibility index (Phi) is 5.95. The van der Waals surface area contributed by atoms with Crippen LogP contribution in [-0.2, 0) is 9.59 Å². The fraction of sp³-hybridized carbons (Fsp3) is 0.421. The summed E-state index contributed by atoms with van der Waals surface area (Å²) in [6, 6.07) is 5.20. The summed E-state index contributed by atoms with van der Waals surface area (Å²) in [6.45, 7) is -0.457. The minimum atomic E-state index is -1.07. The van der Waals surface area contributed by atoms with Crippen molar-refractivity contribution in [2.75, 3.05) is 13.7 Å². The van der Waals surface area contributed by atoms with Crippen molar-refractivity contribution >= 4 is 35.3 Å². The molecule has 27 heavy (non-hydrogen) atoms.